The number of carbonyl (C=O) groups excluding carboxylic acids is 1. The number of carbonyl (C=O) groups is 1. The van der Waals surface area contributed by atoms with Crippen LogP contribution in [-0.2, 0) is 14.6 Å². The molecule has 0 heterocycles. The molecular weight excluding hydrogens is 272 g/mol. The van der Waals surface area contributed by atoms with Gasteiger partial charge in [-0.2, -0.15) is 0 Å². The minimum atomic E-state index is -3.53. The van der Waals surface area contributed by atoms with Crippen LogP contribution in [0.3, 0.4) is 0 Å². The van der Waals surface area contributed by atoms with E-state index in [1.54, 1.807) is 24.3 Å². The van der Waals surface area contributed by atoms with E-state index < -0.39 is 15.1 Å². The van der Waals surface area contributed by atoms with Gasteiger partial charge in [0.1, 0.15) is 5.25 Å². The highest BCUT2D eigenvalue weighted by Gasteiger charge is 2.33. The lowest BCUT2D eigenvalue weighted by Gasteiger charge is -2.16. The normalized spacial score (nSPS) is 21.9. The fourth-order valence-electron chi connectivity index (χ4n) is 2.70. The minimum Gasteiger partial charge on any atom is -0.298 e. The van der Waals surface area contributed by atoms with Gasteiger partial charge >= 0.3 is 0 Å². The van der Waals surface area contributed by atoms with Gasteiger partial charge in [-0.3, -0.25) is 4.79 Å². The van der Waals surface area contributed by atoms with Crippen LogP contribution in [0.2, 0.25) is 0 Å². The molecule has 0 N–H and O–H groups in total. The molecule has 1 fully saturated rings. The van der Waals surface area contributed by atoms with Crippen LogP contribution in [0.25, 0.3) is 0 Å². The molecule has 0 amide bonds. The molecular formula is C16H22O3S. The Morgan fingerprint density at radius 2 is 1.55 bits per heavy atom. The molecule has 1 unspecified atom stereocenters. The van der Waals surface area contributed by atoms with Crippen molar-refractivity contribution in [1.82, 2.24) is 0 Å². The van der Waals surface area contributed by atoms with Gasteiger partial charge in [-0.1, -0.05) is 43.4 Å². The van der Waals surface area contributed by atoms with Gasteiger partial charge in [0.15, 0.2) is 15.6 Å². The van der Waals surface area contributed by atoms with Crippen molar-refractivity contribution in [3.63, 3.8) is 0 Å². The summed E-state index contributed by atoms with van der Waals surface area (Å²) in [5.41, 5.74) is 1.02. The van der Waals surface area contributed by atoms with Crippen LogP contribution in [0.5, 0.6) is 0 Å². The number of aryl methyl sites for hydroxylation is 1. The largest absolute Gasteiger partial charge is 0.298 e. The Bertz CT molecular complexity index is 558. The second-order valence-electron chi connectivity index (χ2n) is 5.62. The number of rotatable bonds is 2. The van der Waals surface area contributed by atoms with Crippen LogP contribution in [-0.4, -0.2) is 19.5 Å². The van der Waals surface area contributed by atoms with Crippen molar-refractivity contribution in [2.45, 2.75) is 62.0 Å². The molecule has 1 saturated carbocycles. The number of ketones is 1. The van der Waals surface area contributed by atoms with E-state index in [0.717, 1.165) is 37.7 Å². The first-order chi connectivity index (χ1) is 9.51. The summed E-state index contributed by atoms with van der Waals surface area (Å²) in [6.07, 6.45) is 5.66. The SMILES string of the molecule is Cc1ccc(S(=O)(=O)C2CCCCCCCC2=O)cc1. The smallest absolute Gasteiger partial charge is 0.188 e. The highest BCUT2D eigenvalue weighted by molar-refractivity contribution is 7.92. The van der Waals surface area contributed by atoms with Crippen LogP contribution < -0.4 is 0 Å². The Morgan fingerprint density at radius 1 is 0.950 bits per heavy atom. The molecule has 0 saturated heterocycles. The maximum atomic E-state index is 12.7. The summed E-state index contributed by atoms with van der Waals surface area (Å²) in [5, 5.41) is -0.844. The summed E-state index contributed by atoms with van der Waals surface area (Å²) >= 11 is 0. The minimum absolute atomic E-state index is 0.104. The standard InChI is InChI=1S/C16H22O3S/c1-13-9-11-14(12-10-13)20(18,19)16-8-6-4-2-3-5-7-15(16)17/h9-12,16H,2-8H2,1H3. The van der Waals surface area contributed by atoms with E-state index in [4.69, 9.17) is 0 Å². The summed E-state index contributed by atoms with van der Waals surface area (Å²) in [6, 6.07) is 6.80. The van der Waals surface area contributed by atoms with Crippen molar-refractivity contribution < 1.29 is 13.2 Å². The van der Waals surface area contributed by atoms with E-state index in [1.165, 1.54) is 0 Å². The fourth-order valence-corrected chi connectivity index (χ4v) is 4.49. The first-order valence-electron chi connectivity index (χ1n) is 7.35. The van der Waals surface area contributed by atoms with E-state index in [9.17, 15) is 13.2 Å². The molecule has 1 aromatic carbocycles. The Kier molecular flexibility index (Phi) is 4.97. The van der Waals surface area contributed by atoms with E-state index >= 15 is 0 Å². The molecule has 1 aliphatic rings. The quantitative estimate of drug-likeness (QED) is 0.839. The number of sulfone groups is 1. The summed E-state index contributed by atoms with van der Waals surface area (Å²) < 4.78 is 25.3. The Labute approximate surface area is 121 Å². The van der Waals surface area contributed by atoms with E-state index in [1.807, 2.05) is 6.92 Å². The second-order valence-corrected chi connectivity index (χ2v) is 7.75. The lowest BCUT2D eigenvalue weighted by molar-refractivity contribution is -0.118. The molecule has 1 aromatic rings. The van der Waals surface area contributed by atoms with Crippen molar-refractivity contribution >= 4 is 15.6 Å². The molecule has 2 rings (SSSR count). The topological polar surface area (TPSA) is 51.2 Å². The number of benzene rings is 1. The molecule has 1 aliphatic carbocycles. The average molecular weight is 294 g/mol. The van der Waals surface area contributed by atoms with Gasteiger partial charge in [0.2, 0.25) is 0 Å². The third-order valence-corrected chi connectivity index (χ3v) is 6.15. The molecule has 4 heteroatoms. The summed E-state index contributed by atoms with van der Waals surface area (Å²) in [5.74, 6) is -0.104. The molecule has 3 nitrogen and oxygen atoms in total. The Morgan fingerprint density at radius 3 is 2.25 bits per heavy atom. The lowest BCUT2D eigenvalue weighted by Crippen LogP contribution is -2.30. The van der Waals surface area contributed by atoms with Crippen LogP contribution in [0.4, 0.5) is 0 Å². The van der Waals surface area contributed by atoms with Crippen LogP contribution in [0.15, 0.2) is 29.2 Å². The number of Topliss-reactive ketones (excluding diaryl/α,β-unsaturated/α-hetero) is 1. The first kappa shape index (κ1) is 15.2. The predicted octanol–water partition coefficient (Wildman–Crippen LogP) is 3.45. The zero-order chi connectivity index (χ0) is 14.6. The van der Waals surface area contributed by atoms with Gasteiger partial charge in [0.05, 0.1) is 4.90 Å². The maximum absolute atomic E-state index is 12.7. The Balaban J connectivity index is 2.29. The van der Waals surface area contributed by atoms with Crippen LogP contribution in [0.1, 0.15) is 50.5 Å². The van der Waals surface area contributed by atoms with Crippen LogP contribution >= 0.6 is 0 Å². The summed E-state index contributed by atoms with van der Waals surface area (Å²) in [6.45, 7) is 1.92. The van der Waals surface area contributed by atoms with Crippen molar-refractivity contribution in [1.29, 1.82) is 0 Å². The van der Waals surface area contributed by atoms with E-state index in [2.05, 4.69) is 0 Å². The van der Waals surface area contributed by atoms with Crippen molar-refractivity contribution in [2.24, 2.45) is 0 Å². The summed E-state index contributed by atoms with van der Waals surface area (Å²) in [4.78, 5) is 12.5. The number of hydrogen-bond acceptors (Lipinski definition) is 3. The average Bonchev–Trinajstić information content (AvgIpc) is 2.51. The van der Waals surface area contributed by atoms with Gasteiger partial charge in [0, 0.05) is 6.42 Å². The maximum Gasteiger partial charge on any atom is 0.188 e. The van der Waals surface area contributed by atoms with Gasteiger partial charge in [-0.15, -0.1) is 0 Å². The molecule has 0 spiro atoms. The fraction of sp³-hybridized carbons (Fsp3) is 0.562. The van der Waals surface area contributed by atoms with Gasteiger partial charge in [0.25, 0.3) is 0 Å². The molecule has 0 radical (unpaired) electrons. The number of hydrogen-bond donors (Lipinski definition) is 0. The molecule has 0 bridgehead atoms. The third kappa shape index (κ3) is 3.48. The highest BCUT2D eigenvalue weighted by Crippen LogP contribution is 2.25. The van der Waals surface area contributed by atoms with Gasteiger partial charge in [-0.05, 0) is 31.9 Å². The molecule has 0 aliphatic heterocycles. The third-order valence-electron chi connectivity index (χ3n) is 3.97. The zero-order valence-electron chi connectivity index (χ0n) is 12.0. The molecule has 0 aromatic heterocycles. The molecule has 1 atom stereocenters. The monoisotopic (exact) mass is 294 g/mol. The molecule has 110 valence electrons. The van der Waals surface area contributed by atoms with Crippen molar-refractivity contribution in [3.05, 3.63) is 29.8 Å². The van der Waals surface area contributed by atoms with E-state index in [0.29, 0.717) is 12.8 Å². The van der Waals surface area contributed by atoms with Crippen LogP contribution in [0, 0.1) is 6.92 Å². The second kappa shape index (κ2) is 6.53. The lowest BCUT2D eigenvalue weighted by atomic mass is 10.1. The first-order valence-corrected chi connectivity index (χ1v) is 8.90. The predicted molar refractivity (Wildman–Crippen MR) is 79.5 cm³/mol. The van der Waals surface area contributed by atoms with Crippen molar-refractivity contribution in [3.8, 4) is 0 Å². The zero-order valence-corrected chi connectivity index (χ0v) is 12.8. The van der Waals surface area contributed by atoms with E-state index in [-0.39, 0.29) is 10.7 Å². The highest BCUT2D eigenvalue weighted by atomic mass is 32.2. The molecule has 20 heavy (non-hydrogen) atoms. The summed E-state index contributed by atoms with van der Waals surface area (Å²) in [7, 11) is -3.53. The van der Waals surface area contributed by atoms with Gasteiger partial charge < -0.3 is 0 Å². The Hall–Kier alpha value is -1.16. The van der Waals surface area contributed by atoms with Gasteiger partial charge in [-0.25, -0.2) is 8.42 Å². The van der Waals surface area contributed by atoms with Crippen molar-refractivity contribution in [2.75, 3.05) is 0 Å².